The second kappa shape index (κ2) is 7.07. The van der Waals surface area contributed by atoms with Crippen molar-refractivity contribution >= 4 is 0 Å². The van der Waals surface area contributed by atoms with Crippen molar-refractivity contribution in [3.63, 3.8) is 0 Å². The van der Waals surface area contributed by atoms with E-state index in [0.717, 1.165) is 5.56 Å². The smallest absolute Gasteiger partial charge is 0.218 e. The molecule has 0 aliphatic rings. The molecule has 2 N–H and O–H groups in total. The SMILES string of the molecule is CC(C)Oc1ncccc1CNCC(O)c1ccco1. The Bertz CT molecular complexity index is 512. The number of pyridine rings is 1. The molecule has 0 fully saturated rings. The normalized spacial score (nSPS) is 12.6. The van der Waals surface area contributed by atoms with Gasteiger partial charge < -0.3 is 19.6 Å². The first-order chi connectivity index (χ1) is 9.66. The second-order valence-corrected chi connectivity index (χ2v) is 4.80. The highest BCUT2D eigenvalue weighted by molar-refractivity contribution is 5.25. The third-order valence-electron chi connectivity index (χ3n) is 2.72. The maximum Gasteiger partial charge on any atom is 0.218 e. The molecule has 0 saturated carbocycles. The molecule has 1 unspecified atom stereocenters. The maximum atomic E-state index is 9.90. The van der Waals surface area contributed by atoms with Crippen LogP contribution in [-0.2, 0) is 6.54 Å². The van der Waals surface area contributed by atoms with Gasteiger partial charge in [-0.3, -0.25) is 0 Å². The fourth-order valence-corrected chi connectivity index (χ4v) is 1.81. The number of ether oxygens (including phenoxy) is 1. The van der Waals surface area contributed by atoms with Crippen LogP contribution >= 0.6 is 0 Å². The first-order valence-corrected chi connectivity index (χ1v) is 6.69. The van der Waals surface area contributed by atoms with Crippen LogP contribution in [0, 0.1) is 0 Å². The Morgan fingerprint density at radius 3 is 2.90 bits per heavy atom. The molecule has 0 bridgehead atoms. The molecule has 2 aromatic heterocycles. The Labute approximate surface area is 118 Å². The molecule has 5 heteroatoms. The summed E-state index contributed by atoms with van der Waals surface area (Å²) < 4.78 is 10.8. The molecule has 2 aromatic rings. The molecule has 0 aromatic carbocycles. The molecule has 20 heavy (non-hydrogen) atoms. The molecule has 2 heterocycles. The van der Waals surface area contributed by atoms with Crippen molar-refractivity contribution in [2.75, 3.05) is 6.54 Å². The molecule has 0 aliphatic heterocycles. The van der Waals surface area contributed by atoms with Crippen molar-refractivity contribution in [2.45, 2.75) is 32.6 Å². The van der Waals surface area contributed by atoms with Gasteiger partial charge in [-0.2, -0.15) is 0 Å². The molecule has 2 rings (SSSR count). The largest absolute Gasteiger partial charge is 0.475 e. The molecular formula is C15H20N2O3. The fourth-order valence-electron chi connectivity index (χ4n) is 1.81. The van der Waals surface area contributed by atoms with E-state index in [1.54, 1.807) is 24.6 Å². The van der Waals surface area contributed by atoms with Gasteiger partial charge in [0.15, 0.2) is 0 Å². The number of aromatic nitrogens is 1. The van der Waals surface area contributed by atoms with Crippen LogP contribution in [0.1, 0.15) is 31.3 Å². The van der Waals surface area contributed by atoms with Crippen LogP contribution in [0.5, 0.6) is 5.88 Å². The highest BCUT2D eigenvalue weighted by Crippen LogP contribution is 2.16. The van der Waals surface area contributed by atoms with Crippen LogP contribution in [0.3, 0.4) is 0 Å². The number of nitrogens with one attached hydrogen (secondary N) is 1. The van der Waals surface area contributed by atoms with E-state index >= 15 is 0 Å². The molecule has 1 atom stereocenters. The number of furan rings is 1. The number of hydrogen-bond donors (Lipinski definition) is 2. The average molecular weight is 276 g/mol. The number of aliphatic hydroxyl groups is 1. The summed E-state index contributed by atoms with van der Waals surface area (Å²) in [5.74, 6) is 1.19. The van der Waals surface area contributed by atoms with Gasteiger partial charge in [-0.05, 0) is 32.0 Å². The van der Waals surface area contributed by atoms with E-state index in [4.69, 9.17) is 9.15 Å². The standard InChI is InChI=1S/C15H20N2O3/c1-11(2)20-15-12(5-3-7-17-15)9-16-10-13(18)14-6-4-8-19-14/h3-8,11,13,16,18H,9-10H2,1-2H3. The zero-order valence-electron chi connectivity index (χ0n) is 11.7. The Morgan fingerprint density at radius 1 is 1.35 bits per heavy atom. The van der Waals surface area contributed by atoms with Crippen molar-refractivity contribution in [3.8, 4) is 5.88 Å². The lowest BCUT2D eigenvalue weighted by atomic mass is 10.2. The zero-order chi connectivity index (χ0) is 14.4. The molecule has 0 amide bonds. The summed E-state index contributed by atoms with van der Waals surface area (Å²) in [6.45, 7) is 4.91. The lowest BCUT2D eigenvalue weighted by Gasteiger charge is -2.14. The van der Waals surface area contributed by atoms with E-state index in [0.29, 0.717) is 24.7 Å². The van der Waals surface area contributed by atoms with E-state index in [1.165, 1.54) is 0 Å². The Kier molecular flexibility index (Phi) is 5.15. The first-order valence-electron chi connectivity index (χ1n) is 6.69. The molecule has 0 saturated heterocycles. The predicted octanol–water partition coefficient (Wildman–Crippen LogP) is 2.29. The van der Waals surface area contributed by atoms with Gasteiger partial charge in [0.25, 0.3) is 0 Å². The topological polar surface area (TPSA) is 67.5 Å². The predicted molar refractivity (Wildman–Crippen MR) is 75.4 cm³/mol. The van der Waals surface area contributed by atoms with Gasteiger partial charge in [-0.15, -0.1) is 0 Å². The third kappa shape index (κ3) is 4.08. The zero-order valence-corrected chi connectivity index (χ0v) is 11.7. The van der Waals surface area contributed by atoms with Crippen molar-refractivity contribution < 1.29 is 14.3 Å². The van der Waals surface area contributed by atoms with Gasteiger partial charge in [0.2, 0.25) is 5.88 Å². The maximum absolute atomic E-state index is 9.90. The Hall–Kier alpha value is -1.85. The highest BCUT2D eigenvalue weighted by atomic mass is 16.5. The summed E-state index contributed by atoms with van der Waals surface area (Å²) in [5, 5.41) is 13.1. The molecular weight excluding hydrogens is 256 g/mol. The minimum Gasteiger partial charge on any atom is -0.475 e. The van der Waals surface area contributed by atoms with Crippen LogP contribution in [0.25, 0.3) is 0 Å². The Morgan fingerprint density at radius 2 is 2.20 bits per heavy atom. The van der Waals surface area contributed by atoms with Crippen LogP contribution in [0.4, 0.5) is 0 Å². The summed E-state index contributed by atoms with van der Waals surface area (Å²) >= 11 is 0. The van der Waals surface area contributed by atoms with Crippen molar-refractivity contribution in [2.24, 2.45) is 0 Å². The molecule has 0 spiro atoms. The number of hydrogen-bond acceptors (Lipinski definition) is 5. The van der Waals surface area contributed by atoms with Gasteiger partial charge in [0, 0.05) is 24.8 Å². The fraction of sp³-hybridized carbons (Fsp3) is 0.400. The van der Waals surface area contributed by atoms with Gasteiger partial charge in [-0.25, -0.2) is 4.98 Å². The Balaban J connectivity index is 1.88. The van der Waals surface area contributed by atoms with E-state index < -0.39 is 6.10 Å². The first kappa shape index (κ1) is 14.6. The van der Waals surface area contributed by atoms with Gasteiger partial charge in [0.1, 0.15) is 11.9 Å². The lowest BCUT2D eigenvalue weighted by Crippen LogP contribution is -2.21. The van der Waals surface area contributed by atoms with Crippen LogP contribution in [0.2, 0.25) is 0 Å². The number of nitrogens with zero attached hydrogens (tertiary/aromatic N) is 1. The van der Waals surface area contributed by atoms with Gasteiger partial charge in [0.05, 0.1) is 12.4 Å². The van der Waals surface area contributed by atoms with Gasteiger partial charge >= 0.3 is 0 Å². The van der Waals surface area contributed by atoms with Crippen molar-refractivity contribution in [1.82, 2.24) is 10.3 Å². The second-order valence-electron chi connectivity index (χ2n) is 4.80. The number of rotatable bonds is 7. The van der Waals surface area contributed by atoms with E-state index in [2.05, 4.69) is 10.3 Å². The van der Waals surface area contributed by atoms with Crippen molar-refractivity contribution in [3.05, 3.63) is 48.0 Å². The summed E-state index contributed by atoms with van der Waals surface area (Å²) in [4.78, 5) is 4.22. The highest BCUT2D eigenvalue weighted by Gasteiger charge is 2.11. The van der Waals surface area contributed by atoms with Gasteiger partial charge in [-0.1, -0.05) is 6.07 Å². The molecule has 5 nitrogen and oxygen atoms in total. The molecule has 108 valence electrons. The lowest BCUT2D eigenvalue weighted by molar-refractivity contribution is 0.147. The minimum absolute atomic E-state index is 0.0809. The van der Waals surface area contributed by atoms with Crippen LogP contribution in [-0.4, -0.2) is 22.7 Å². The third-order valence-corrected chi connectivity index (χ3v) is 2.72. The molecule has 0 aliphatic carbocycles. The summed E-state index contributed by atoms with van der Waals surface area (Å²) in [6.07, 6.45) is 2.68. The summed E-state index contributed by atoms with van der Waals surface area (Å²) in [5.41, 5.74) is 0.966. The van der Waals surface area contributed by atoms with E-state index in [9.17, 15) is 5.11 Å². The van der Waals surface area contributed by atoms with Crippen LogP contribution < -0.4 is 10.1 Å². The van der Waals surface area contributed by atoms with Crippen LogP contribution in [0.15, 0.2) is 41.1 Å². The van der Waals surface area contributed by atoms with Crippen molar-refractivity contribution in [1.29, 1.82) is 0 Å². The summed E-state index contributed by atoms with van der Waals surface area (Å²) in [6, 6.07) is 7.34. The quantitative estimate of drug-likeness (QED) is 0.812. The number of aliphatic hydroxyl groups excluding tert-OH is 1. The molecule has 0 radical (unpaired) electrons. The summed E-state index contributed by atoms with van der Waals surface area (Å²) in [7, 11) is 0. The minimum atomic E-state index is -0.656. The van der Waals surface area contributed by atoms with E-state index in [-0.39, 0.29) is 6.10 Å². The van der Waals surface area contributed by atoms with E-state index in [1.807, 2.05) is 26.0 Å². The monoisotopic (exact) mass is 276 g/mol. The average Bonchev–Trinajstić information content (AvgIpc) is 2.94.